The number of urea groups is 1. The lowest BCUT2D eigenvalue weighted by Crippen LogP contribution is -2.47. The molecule has 0 spiro atoms. The van der Waals surface area contributed by atoms with E-state index in [1.54, 1.807) is 18.3 Å². The molecule has 1 aromatic heterocycles. The number of likely N-dealkylation sites (tertiary alicyclic amines) is 1. The number of hydrogen-bond acceptors (Lipinski definition) is 4. The van der Waals surface area contributed by atoms with Gasteiger partial charge < -0.3 is 19.9 Å². The number of hydrogen-bond donors (Lipinski definition) is 1. The molecule has 1 aromatic rings. The molecule has 2 aliphatic rings. The number of ether oxygens (including phenoxy) is 1. The van der Waals surface area contributed by atoms with E-state index in [1.807, 2.05) is 9.80 Å². The molecular formula is C18H26N4O3. The van der Waals surface area contributed by atoms with Crippen LogP contribution in [0.3, 0.4) is 0 Å². The summed E-state index contributed by atoms with van der Waals surface area (Å²) in [5.41, 5.74) is 0.578. The number of piperidine rings is 1. The highest BCUT2D eigenvalue weighted by Crippen LogP contribution is 2.20. The van der Waals surface area contributed by atoms with E-state index in [0.717, 1.165) is 25.9 Å². The third kappa shape index (κ3) is 4.21. The number of rotatable bonds is 5. The summed E-state index contributed by atoms with van der Waals surface area (Å²) in [4.78, 5) is 32.3. The van der Waals surface area contributed by atoms with Crippen LogP contribution >= 0.6 is 0 Å². The molecule has 136 valence electrons. The predicted octanol–water partition coefficient (Wildman–Crippen LogP) is 1.75. The molecular weight excluding hydrogens is 320 g/mol. The van der Waals surface area contributed by atoms with Gasteiger partial charge in [-0.3, -0.25) is 4.79 Å². The Kier molecular flexibility index (Phi) is 5.40. The number of aromatic nitrogens is 1. The van der Waals surface area contributed by atoms with E-state index in [-0.39, 0.29) is 18.0 Å². The number of carbonyl (C=O) groups is 2. The van der Waals surface area contributed by atoms with Gasteiger partial charge in [-0.15, -0.1) is 0 Å². The predicted molar refractivity (Wildman–Crippen MR) is 93.6 cm³/mol. The second-order valence-electron chi connectivity index (χ2n) is 7.04. The molecule has 2 fully saturated rings. The van der Waals surface area contributed by atoms with Crippen molar-refractivity contribution in [3.8, 4) is 5.88 Å². The van der Waals surface area contributed by atoms with Crippen molar-refractivity contribution in [2.75, 3.05) is 32.8 Å². The maximum Gasteiger partial charge on any atom is 0.317 e. The maximum atomic E-state index is 12.6. The standard InChI is InChI=1S/C18H26N4O3/c1-13(2)12-25-16-4-3-14(11-20-16)17(23)21-8-5-15(6-9-21)22-10-7-19-18(22)24/h3-4,11,13,15H,5-10,12H2,1-2H3,(H,19,24). The molecule has 25 heavy (non-hydrogen) atoms. The first kappa shape index (κ1) is 17.5. The lowest BCUT2D eigenvalue weighted by atomic mass is 10.0. The van der Waals surface area contributed by atoms with Crippen LogP contribution in [-0.2, 0) is 0 Å². The first-order valence-corrected chi connectivity index (χ1v) is 8.97. The highest BCUT2D eigenvalue weighted by atomic mass is 16.5. The lowest BCUT2D eigenvalue weighted by Gasteiger charge is -2.36. The average Bonchev–Trinajstić information content (AvgIpc) is 3.06. The molecule has 7 heteroatoms. The number of carbonyl (C=O) groups excluding carboxylic acids is 2. The zero-order valence-electron chi connectivity index (χ0n) is 14.9. The summed E-state index contributed by atoms with van der Waals surface area (Å²) in [5, 5.41) is 2.84. The Labute approximate surface area is 148 Å². The van der Waals surface area contributed by atoms with Crippen LogP contribution in [0.15, 0.2) is 18.3 Å². The molecule has 2 saturated heterocycles. The zero-order valence-corrected chi connectivity index (χ0v) is 14.9. The average molecular weight is 346 g/mol. The van der Waals surface area contributed by atoms with Gasteiger partial charge in [0, 0.05) is 44.5 Å². The Bertz CT molecular complexity index is 609. The number of nitrogens with one attached hydrogen (secondary N) is 1. The minimum absolute atomic E-state index is 0.00719. The van der Waals surface area contributed by atoms with Crippen molar-refractivity contribution in [3.05, 3.63) is 23.9 Å². The Morgan fingerprint density at radius 2 is 2.08 bits per heavy atom. The van der Waals surface area contributed by atoms with Gasteiger partial charge in [-0.2, -0.15) is 0 Å². The van der Waals surface area contributed by atoms with Gasteiger partial charge in [-0.25, -0.2) is 9.78 Å². The summed E-state index contributed by atoms with van der Waals surface area (Å²) < 4.78 is 5.55. The minimum atomic E-state index is -0.00719. The largest absolute Gasteiger partial charge is 0.477 e. The normalized spacial score (nSPS) is 18.6. The number of pyridine rings is 1. The fourth-order valence-electron chi connectivity index (χ4n) is 3.24. The van der Waals surface area contributed by atoms with Gasteiger partial charge in [0.15, 0.2) is 0 Å². The lowest BCUT2D eigenvalue weighted by molar-refractivity contribution is 0.0665. The van der Waals surface area contributed by atoms with Gasteiger partial charge in [0.1, 0.15) is 0 Å². The summed E-state index contributed by atoms with van der Waals surface area (Å²) >= 11 is 0. The van der Waals surface area contributed by atoms with Gasteiger partial charge in [0.2, 0.25) is 5.88 Å². The molecule has 3 heterocycles. The third-order valence-electron chi connectivity index (χ3n) is 4.63. The van der Waals surface area contributed by atoms with Gasteiger partial charge in [-0.05, 0) is 24.8 Å². The molecule has 0 atom stereocenters. The van der Waals surface area contributed by atoms with Crippen molar-refractivity contribution in [2.24, 2.45) is 5.92 Å². The van der Waals surface area contributed by atoms with Crippen molar-refractivity contribution in [2.45, 2.75) is 32.7 Å². The Morgan fingerprint density at radius 1 is 1.32 bits per heavy atom. The highest BCUT2D eigenvalue weighted by molar-refractivity contribution is 5.94. The van der Waals surface area contributed by atoms with Crippen LogP contribution in [0.2, 0.25) is 0 Å². The van der Waals surface area contributed by atoms with E-state index in [2.05, 4.69) is 24.1 Å². The quantitative estimate of drug-likeness (QED) is 0.881. The molecule has 0 aliphatic carbocycles. The van der Waals surface area contributed by atoms with E-state index >= 15 is 0 Å². The summed E-state index contributed by atoms with van der Waals surface area (Å²) in [5.74, 6) is 0.971. The van der Waals surface area contributed by atoms with E-state index in [0.29, 0.717) is 37.1 Å². The van der Waals surface area contributed by atoms with Crippen molar-refractivity contribution >= 4 is 11.9 Å². The van der Waals surface area contributed by atoms with E-state index in [1.165, 1.54) is 0 Å². The molecule has 2 aliphatic heterocycles. The molecule has 0 aromatic carbocycles. The Morgan fingerprint density at radius 3 is 2.64 bits per heavy atom. The van der Waals surface area contributed by atoms with Crippen molar-refractivity contribution in [1.29, 1.82) is 0 Å². The first-order chi connectivity index (χ1) is 12.0. The van der Waals surface area contributed by atoms with Crippen LogP contribution in [0.1, 0.15) is 37.0 Å². The van der Waals surface area contributed by atoms with Crippen LogP contribution < -0.4 is 10.1 Å². The Hall–Kier alpha value is -2.31. The van der Waals surface area contributed by atoms with Gasteiger partial charge in [-0.1, -0.05) is 13.8 Å². The van der Waals surface area contributed by atoms with E-state index in [4.69, 9.17) is 4.74 Å². The van der Waals surface area contributed by atoms with Crippen LogP contribution in [0.25, 0.3) is 0 Å². The zero-order chi connectivity index (χ0) is 17.8. The maximum absolute atomic E-state index is 12.6. The molecule has 3 amide bonds. The fourth-order valence-corrected chi connectivity index (χ4v) is 3.24. The van der Waals surface area contributed by atoms with Crippen molar-refractivity contribution in [3.63, 3.8) is 0 Å². The summed E-state index contributed by atoms with van der Waals surface area (Å²) in [7, 11) is 0. The molecule has 0 saturated carbocycles. The molecule has 0 unspecified atom stereocenters. The smallest absolute Gasteiger partial charge is 0.317 e. The molecule has 0 radical (unpaired) electrons. The van der Waals surface area contributed by atoms with Gasteiger partial charge in [0.25, 0.3) is 5.91 Å². The van der Waals surface area contributed by atoms with E-state index in [9.17, 15) is 9.59 Å². The second kappa shape index (κ2) is 7.72. The first-order valence-electron chi connectivity index (χ1n) is 8.97. The summed E-state index contributed by atoms with van der Waals surface area (Å²) in [6.45, 7) is 7.57. The fraction of sp³-hybridized carbons (Fsp3) is 0.611. The number of nitrogens with zero attached hydrogens (tertiary/aromatic N) is 3. The third-order valence-corrected chi connectivity index (χ3v) is 4.63. The molecule has 7 nitrogen and oxygen atoms in total. The SMILES string of the molecule is CC(C)COc1ccc(C(=O)N2CCC(N3CCNC3=O)CC2)cn1. The van der Waals surface area contributed by atoms with Gasteiger partial charge in [0.05, 0.1) is 12.2 Å². The Balaban J connectivity index is 1.52. The van der Waals surface area contributed by atoms with Crippen molar-refractivity contribution in [1.82, 2.24) is 20.1 Å². The summed E-state index contributed by atoms with van der Waals surface area (Å²) in [6, 6.07) is 3.77. The van der Waals surface area contributed by atoms with Crippen LogP contribution in [-0.4, -0.2) is 65.5 Å². The monoisotopic (exact) mass is 346 g/mol. The topological polar surface area (TPSA) is 74.8 Å². The van der Waals surface area contributed by atoms with Crippen LogP contribution in [0, 0.1) is 5.92 Å². The minimum Gasteiger partial charge on any atom is -0.477 e. The highest BCUT2D eigenvalue weighted by Gasteiger charge is 2.32. The molecule has 1 N–H and O–H groups in total. The molecule has 0 bridgehead atoms. The molecule has 3 rings (SSSR count). The van der Waals surface area contributed by atoms with E-state index < -0.39 is 0 Å². The van der Waals surface area contributed by atoms with Crippen molar-refractivity contribution < 1.29 is 14.3 Å². The second-order valence-corrected chi connectivity index (χ2v) is 7.04. The number of amides is 3. The summed E-state index contributed by atoms with van der Waals surface area (Å²) in [6.07, 6.45) is 3.22. The van der Waals surface area contributed by atoms with Crippen LogP contribution in [0.4, 0.5) is 4.79 Å². The van der Waals surface area contributed by atoms with Gasteiger partial charge >= 0.3 is 6.03 Å². The van der Waals surface area contributed by atoms with Crippen LogP contribution in [0.5, 0.6) is 5.88 Å².